The molecule has 6 nitrogen and oxygen atoms in total. The molecule has 0 aliphatic rings. The molecule has 0 spiro atoms. The van der Waals surface area contributed by atoms with Crippen LogP contribution in [0, 0.1) is 0 Å². The third kappa shape index (κ3) is 4.64. The van der Waals surface area contributed by atoms with Gasteiger partial charge >= 0.3 is 0 Å². The average Bonchev–Trinajstić information content (AvgIpc) is 3.03. The molecule has 0 unspecified atom stereocenters. The second kappa shape index (κ2) is 8.83. The lowest BCUT2D eigenvalue weighted by molar-refractivity contribution is 0.261. The third-order valence-corrected chi connectivity index (χ3v) is 7.05. The highest BCUT2D eigenvalue weighted by Crippen LogP contribution is 2.23. The minimum atomic E-state index is -3.49. The van der Waals surface area contributed by atoms with Gasteiger partial charge in [-0.05, 0) is 49.4 Å². The Morgan fingerprint density at radius 3 is 2.45 bits per heavy atom. The molecule has 156 valence electrons. The molecule has 0 aliphatic carbocycles. The van der Waals surface area contributed by atoms with Crippen LogP contribution in [0.5, 0.6) is 0 Å². The lowest BCUT2D eigenvalue weighted by atomic mass is 10.2. The van der Waals surface area contributed by atoms with Crippen molar-refractivity contribution in [3.05, 3.63) is 58.9 Å². The molecule has 1 aromatic heterocycles. The van der Waals surface area contributed by atoms with Crippen molar-refractivity contribution in [1.29, 1.82) is 0 Å². The fourth-order valence-electron chi connectivity index (χ4n) is 3.38. The number of aryl methyl sites for hydroxylation is 1. The van der Waals surface area contributed by atoms with E-state index in [1.807, 2.05) is 24.3 Å². The maximum Gasteiger partial charge on any atom is 0.242 e. The van der Waals surface area contributed by atoms with Crippen LogP contribution in [-0.4, -0.2) is 47.8 Å². The lowest BCUT2D eigenvalue weighted by Gasteiger charge is -2.20. The number of hydrogen-bond donors (Lipinski definition) is 0. The quantitative estimate of drug-likeness (QED) is 0.538. The van der Waals surface area contributed by atoms with Crippen molar-refractivity contribution in [1.82, 2.24) is 18.8 Å². The Bertz CT molecular complexity index is 1110. The summed E-state index contributed by atoms with van der Waals surface area (Å²) in [5.41, 5.74) is 2.79. The molecule has 0 radical (unpaired) electrons. The number of halogens is 1. The molecule has 0 fully saturated rings. The Hall–Kier alpha value is -1.93. The molecule has 0 amide bonds. The maximum atomic E-state index is 12.5. The predicted molar refractivity (Wildman–Crippen MR) is 118 cm³/mol. The Labute approximate surface area is 177 Å². The molecule has 0 saturated carbocycles. The van der Waals surface area contributed by atoms with Crippen LogP contribution in [0.4, 0.5) is 0 Å². The normalized spacial score (nSPS) is 12.4. The minimum Gasteiger partial charge on any atom is -0.327 e. The fraction of sp³-hybridized carbons (Fsp3) is 0.381. The number of fused-ring (bicyclic) bond motifs is 1. The van der Waals surface area contributed by atoms with E-state index in [2.05, 4.69) is 29.4 Å². The first-order valence-electron chi connectivity index (χ1n) is 9.64. The summed E-state index contributed by atoms with van der Waals surface area (Å²) in [5, 5.41) is 0.731. The van der Waals surface area contributed by atoms with Gasteiger partial charge in [-0.25, -0.2) is 17.7 Å². The summed E-state index contributed by atoms with van der Waals surface area (Å²) in [5.74, 6) is 0.922. The van der Waals surface area contributed by atoms with Gasteiger partial charge in [-0.3, -0.25) is 4.90 Å². The maximum absolute atomic E-state index is 12.5. The summed E-state index contributed by atoms with van der Waals surface area (Å²) >= 11 is 6.12. The van der Waals surface area contributed by atoms with Gasteiger partial charge in [0.2, 0.25) is 10.0 Å². The van der Waals surface area contributed by atoms with Crippen molar-refractivity contribution in [3.8, 4) is 0 Å². The van der Waals surface area contributed by atoms with Crippen molar-refractivity contribution >= 4 is 32.7 Å². The van der Waals surface area contributed by atoms with Crippen molar-refractivity contribution in [3.63, 3.8) is 0 Å². The molecule has 8 heteroatoms. The molecular formula is C21H27ClN4O2S. The molecule has 0 saturated heterocycles. The number of sulfonamides is 1. The van der Waals surface area contributed by atoms with Gasteiger partial charge in [0.05, 0.1) is 22.5 Å². The van der Waals surface area contributed by atoms with E-state index in [1.54, 1.807) is 12.1 Å². The fourth-order valence-corrected chi connectivity index (χ4v) is 4.51. The van der Waals surface area contributed by atoms with Gasteiger partial charge in [0.15, 0.2) is 0 Å². The summed E-state index contributed by atoms with van der Waals surface area (Å²) in [6.07, 6.45) is 0. The number of nitrogens with zero attached hydrogens (tertiary/aromatic N) is 4. The van der Waals surface area contributed by atoms with Gasteiger partial charge in [-0.2, -0.15) is 0 Å². The van der Waals surface area contributed by atoms with Crippen LogP contribution in [0.15, 0.2) is 47.4 Å². The van der Waals surface area contributed by atoms with E-state index < -0.39 is 10.0 Å². The zero-order valence-electron chi connectivity index (χ0n) is 17.3. The standard InChI is InChI=1S/C21H27ClN4O2S/c1-5-25(14-16-8-7-9-17(22)12-16)15-21-23-19-13-18(29(27,28)24(3)4)10-11-20(19)26(21)6-2/h7-13H,5-6,14-15H2,1-4H3. The largest absolute Gasteiger partial charge is 0.327 e. The Balaban J connectivity index is 1.93. The first-order chi connectivity index (χ1) is 13.8. The molecule has 1 heterocycles. The van der Waals surface area contributed by atoms with Crippen LogP contribution in [0.3, 0.4) is 0 Å². The zero-order valence-corrected chi connectivity index (χ0v) is 18.8. The molecule has 3 rings (SSSR count). The minimum absolute atomic E-state index is 0.258. The van der Waals surface area contributed by atoms with Crippen molar-refractivity contribution in [2.75, 3.05) is 20.6 Å². The Kier molecular flexibility index (Phi) is 6.63. The Morgan fingerprint density at radius 1 is 1.07 bits per heavy atom. The lowest BCUT2D eigenvalue weighted by Crippen LogP contribution is -2.24. The molecule has 0 bridgehead atoms. The highest BCUT2D eigenvalue weighted by Gasteiger charge is 2.20. The van der Waals surface area contributed by atoms with E-state index in [0.29, 0.717) is 12.1 Å². The zero-order chi connectivity index (χ0) is 21.2. The molecule has 3 aromatic rings. The first kappa shape index (κ1) is 21.8. The second-order valence-electron chi connectivity index (χ2n) is 7.14. The van der Waals surface area contributed by atoms with Crippen molar-refractivity contribution in [2.24, 2.45) is 0 Å². The highest BCUT2D eigenvalue weighted by atomic mass is 35.5. The SMILES string of the molecule is CCN(Cc1cccc(Cl)c1)Cc1nc2cc(S(=O)(=O)N(C)C)ccc2n1CC. The summed E-state index contributed by atoms with van der Waals surface area (Å²) in [6.45, 7) is 7.25. The highest BCUT2D eigenvalue weighted by molar-refractivity contribution is 7.89. The smallest absolute Gasteiger partial charge is 0.242 e. The van der Waals surface area contributed by atoms with E-state index >= 15 is 0 Å². The number of benzene rings is 2. The first-order valence-corrected chi connectivity index (χ1v) is 11.5. The second-order valence-corrected chi connectivity index (χ2v) is 9.73. The number of hydrogen-bond acceptors (Lipinski definition) is 4. The van der Waals surface area contributed by atoms with Gasteiger partial charge in [0, 0.05) is 32.2 Å². The molecule has 29 heavy (non-hydrogen) atoms. The van der Waals surface area contributed by atoms with Gasteiger partial charge in [-0.15, -0.1) is 0 Å². The van der Waals surface area contributed by atoms with Crippen LogP contribution in [0.1, 0.15) is 25.2 Å². The molecular weight excluding hydrogens is 408 g/mol. The third-order valence-electron chi connectivity index (χ3n) is 5.00. The average molecular weight is 435 g/mol. The summed E-state index contributed by atoms with van der Waals surface area (Å²) in [6, 6.07) is 13.0. The van der Waals surface area contributed by atoms with Gasteiger partial charge in [-0.1, -0.05) is 30.7 Å². The van der Waals surface area contributed by atoms with Crippen LogP contribution in [-0.2, 0) is 29.7 Å². The van der Waals surface area contributed by atoms with Gasteiger partial charge in [0.1, 0.15) is 5.82 Å². The molecule has 0 aliphatic heterocycles. The number of imidazole rings is 1. The van der Waals surface area contributed by atoms with Crippen LogP contribution >= 0.6 is 11.6 Å². The van der Waals surface area contributed by atoms with Gasteiger partial charge < -0.3 is 4.57 Å². The number of aromatic nitrogens is 2. The predicted octanol–water partition coefficient (Wildman–Crippen LogP) is 3.98. The topological polar surface area (TPSA) is 58.4 Å². The van der Waals surface area contributed by atoms with Crippen molar-refractivity contribution in [2.45, 2.75) is 38.4 Å². The number of rotatable bonds is 8. The van der Waals surface area contributed by atoms with E-state index in [4.69, 9.17) is 16.6 Å². The van der Waals surface area contributed by atoms with Crippen LogP contribution in [0.25, 0.3) is 11.0 Å². The molecule has 0 N–H and O–H groups in total. The van der Waals surface area contributed by atoms with E-state index in [9.17, 15) is 8.42 Å². The Morgan fingerprint density at radius 2 is 1.83 bits per heavy atom. The van der Waals surface area contributed by atoms with Gasteiger partial charge in [0.25, 0.3) is 0 Å². The van der Waals surface area contributed by atoms with Crippen LogP contribution in [0.2, 0.25) is 5.02 Å². The van der Waals surface area contributed by atoms with Crippen LogP contribution < -0.4 is 0 Å². The molecule has 2 aromatic carbocycles. The summed E-state index contributed by atoms with van der Waals surface area (Å²) in [7, 11) is -0.425. The summed E-state index contributed by atoms with van der Waals surface area (Å²) < 4.78 is 28.3. The van der Waals surface area contributed by atoms with E-state index in [0.717, 1.165) is 41.6 Å². The van der Waals surface area contributed by atoms with E-state index in [1.165, 1.54) is 18.4 Å². The monoisotopic (exact) mass is 434 g/mol. The van der Waals surface area contributed by atoms with Crippen molar-refractivity contribution < 1.29 is 8.42 Å². The molecule has 0 atom stereocenters. The van der Waals surface area contributed by atoms with E-state index in [-0.39, 0.29) is 4.90 Å². The summed E-state index contributed by atoms with van der Waals surface area (Å²) in [4.78, 5) is 7.32.